The average Bonchev–Trinajstić information content (AvgIpc) is 2.09. The van der Waals surface area contributed by atoms with E-state index in [4.69, 9.17) is 0 Å². The summed E-state index contributed by atoms with van der Waals surface area (Å²) in [6.07, 6.45) is 0.252. The minimum atomic E-state index is -0.627. The zero-order valence-electron chi connectivity index (χ0n) is 4.98. The molecule has 0 aromatic heterocycles. The molecule has 1 atom stereocenters. The van der Waals surface area contributed by atoms with Gasteiger partial charge < -0.3 is 0 Å². The Morgan fingerprint density at radius 2 is 2.20 bits per heavy atom. The van der Waals surface area contributed by atoms with Gasteiger partial charge in [-0.25, -0.2) is 4.90 Å². The second-order valence-electron chi connectivity index (χ2n) is 1.93. The third-order valence-corrected chi connectivity index (χ3v) is 1.67. The molecule has 0 saturated carbocycles. The third-order valence-electron chi connectivity index (χ3n) is 1.26. The van der Waals surface area contributed by atoms with Gasteiger partial charge in [-0.05, 0) is 0 Å². The Hall–Kier alpha value is -0.840. The Morgan fingerprint density at radius 3 is 2.40 bits per heavy atom. The molecule has 1 fully saturated rings. The number of carbonyl (C=O) groups excluding carboxylic acids is 3. The second kappa shape index (κ2) is 2.42. The van der Waals surface area contributed by atoms with Crippen molar-refractivity contribution in [3.05, 3.63) is 0 Å². The molecule has 0 aromatic carbocycles. The largest absolute Gasteiger partial charge is 0.278 e. The van der Waals surface area contributed by atoms with E-state index in [1.807, 2.05) is 0 Å². The molecule has 0 aliphatic carbocycles. The highest BCUT2D eigenvalue weighted by Gasteiger charge is 2.35. The van der Waals surface area contributed by atoms with Gasteiger partial charge >= 0.3 is 0 Å². The number of likely N-dealkylation sites (tertiary alicyclic amines) is 1. The molecule has 1 aliphatic rings. The Kier molecular flexibility index (Phi) is 1.76. The van der Waals surface area contributed by atoms with Gasteiger partial charge in [0.1, 0.15) is 0 Å². The van der Waals surface area contributed by atoms with E-state index in [1.54, 1.807) is 0 Å². The van der Waals surface area contributed by atoms with Crippen LogP contribution in [0.2, 0.25) is 0 Å². The Labute approximate surface area is 62.6 Å². The first kappa shape index (κ1) is 7.27. The van der Waals surface area contributed by atoms with Gasteiger partial charge in [0.2, 0.25) is 18.2 Å². The van der Waals surface area contributed by atoms with E-state index >= 15 is 0 Å². The van der Waals surface area contributed by atoms with Crippen molar-refractivity contribution in [3.63, 3.8) is 0 Å². The van der Waals surface area contributed by atoms with Gasteiger partial charge in [-0.2, -0.15) is 12.6 Å². The van der Waals surface area contributed by atoms with Crippen LogP contribution in [0.15, 0.2) is 0 Å². The SMILES string of the molecule is O=CN1C(=O)C[C@H](S)C1=O. The molecule has 0 spiro atoms. The fraction of sp³-hybridized carbons (Fsp3) is 0.400. The Bertz CT molecular complexity index is 203. The van der Waals surface area contributed by atoms with Crippen LogP contribution in [0.1, 0.15) is 6.42 Å². The van der Waals surface area contributed by atoms with Crippen molar-refractivity contribution in [3.8, 4) is 0 Å². The molecule has 10 heavy (non-hydrogen) atoms. The van der Waals surface area contributed by atoms with Crippen molar-refractivity contribution in [2.45, 2.75) is 11.7 Å². The molecule has 1 heterocycles. The summed E-state index contributed by atoms with van der Waals surface area (Å²) < 4.78 is 0. The summed E-state index contributed by atoms with van der Waals surface area (Å²) in [6.45, 7) is 0. The van der Waals surface area contributed by atoms with E-state index in [-0.39, 0.29) is 12.8 Å². The number of imide groups is 3. The van der Waals surface area contributed by atoms with Gasteiger partial charge in [-0.3, -0.25) is 14.4 Å². The monoisotopic (exact) mass is 159 g/mol. The minimum Gasteiger partial charge on any atom is -0.278 e. The molecule has 4 nitrogen and oxygen atoms in total. The van der Waals surface area contributed by atoms with Crippen molar-refractivity contribution in [1.29, 1.82) is 0 Å². The van der Waals surface area contributed by atoms with Crippen LogP contribution in [0.25, 0.3) is 0 Å². The molecule has 1 aliphatic heterocycles. The number of nitrogens with zero attached hydrogens (tertiary/aromatic N) is 1. The summed E-state index contributed by atoms with van der Waals surface area (Å²) in [5, 5.41) is -0.627. The Balaban J connectivity index is 2.83. The van der Waals surface area contributed by atoms with Crippen molar-refractivity contribution in [2.75, 3.05) is 0 Å². The van der Waals surface area contributed by atoms with E-state index in [9.17, 15) is 14.4 Å². The zero-order chi connectivity index (χ0) is 7.72. The van der Waals surface area contributed by atoms with Crippen LogP contribution in [0.4, 0.5) is 0 Å². The van der Waals surface area contributed by atoms with E-state index in [1.165, 1.54) is 0 Å². The second-order valence-corrected chi connectivity index (χ2v) is 2.55. The molecule has 0 bridgehead atoms. The fourth-order valence-corrected chi connectivity index (χ4v) is 1.03. The maximum atomic E-state index is 10.7. The quantitative estimate of drug-likeness (QED) is 0.309. The van der Waals surface area contributed by atoms with E-state index in [2.05, 4.69) is 12.6 Å². The van der Waals surface area contributed by atoms with Gasteiger partial charge in [0, 0.05) is 6.42 Å². The highest BCUT2D eigenvalue weighted by Crippen LogP contribution is 2.15. The molecule has 0 unspecified atom stereocenters. The van der Waals surface area contributed by atoms with Gasteiger partial charge in [0.05, 0.1) is 5.25 Å². The van der Waals surface area contributed by atoms with Crippen LogP contribution in [0, 0.1) is 0 Å². The molecule has 1 rings (SSSR count). The number of amides is 3. The molecule has 3 amide bonds. The lowest BCUT2D eigenvalue weighted by atomic mass is 10.4. The third kappa shape index (κ3) is 0.923. The lowest BCUT2D eigenvalue weighted by Gasteiger charge is -2.00. The summed E-state index contributed by atoms with van der Waals surface area (Å²) in [5.74, 6) is -0.997. The van der Waals surface area contributed by atoms with E-state index in [0.717, 1.165) is 0 Å². The summed E-state index contributed by atoms with van der Waals surface area (Å²) in [5.41, 5.74) is 0. The van der Waals surface area contributed by atoms with Crippen molar-refractivity contribution in [1.82, 2.24) is 4.90 Å². The van der Waals surface area contributed by atoms with Gasteiger partial charge in [0.25, 0.3) is 0 Å². The number of thiol groups is 1. The van der Waals surface area contributed by atoms with E-state index in [0.29, 0.717) is 4.90 Å². The zero-order valence-corrected chi connectivity index (χ0v) is 5.88. The van der Waals surface area contributed by atoms with Crippen molar-refractivity contribution in [2.24, 2.45) is 0 Å². The predicted molar refractivity (Wildman–Crippen MR) is 35.3 cm³/mol. The topological polar surface area (TPSA) is 54.5 Å². The molecular formula is C5H5NO3S. The summed E-state index contributed by atoms with van der Waals surface area (Å²) in [7, 11) is 0. The maximum absolute atomic E-state index is 10.7. The number of hydrogen-bond donors (Lipinski definition) is 1. The number of rotatable bonds is 1. The highest BCUT2D eigenvalue weighted by atomic mass is 32.1. The minimum absolute atomic E-state index is 0.0285. The van der Waals surface area contributed by atoms with Crippen LogP contribution in [-0.4, -0.2) is 28.4 Å². The average molecular weight is 159 g/mol. The fourth-order valence-electron chi connectivity index (χ4n) is 0.745. The molecular weight excluding hydrogens is 154 g/mol. The maximum Gasteiger partial charge on any atom is 0.249 e. The number of carbonyl (C=O) groups is 3. The van der Waals surface area contributed by atoms with Crippen molar-refractivity contribution >= 4 is 30.9 Å². The molecule has 0 radical (unpaired) electrons. The van der Waals surface area contributed by atoms with Crippen LogP contribution < -0.4 is 0 Å². The predicted octanol–water partition coefficient (Wildman–Crippen LogP) is -0.800. The first-order valence-corrected chi connectivity index (χ1v) is 3.17. The van der Waals surface area contributed by atoms with Crippen LogP contribution in [-0.2, 0) is 14.4 Å². The highest BCUT2D eigenvalue weighted by molar-refractivity contribution is 7.81. The summed E-state index contributed by atoms with van der Waals surface area (Å²) >= 11 is 3.79. The van der Waals surface area contributed by atoms with Crippen LogP contribution in [0.3, 0.4) is 0 Å². The number of hydrogen-bond acceptors (Lipinski definition) is 4. The van der Waals surface area contributed by atoms with Crippen molar-refractivity contribution < 1.29 is 14.4 Å². The van der Waals surface area contributed by atoms with Crippen LogP contribution >= 0.6 is 12.6 Å². The molecule has 0 N–H and O–H groups in total. The van der Waals surface area contributed by atoms with Crippen LogP contribution in [0.5, 0.6) is 0 Å². The molecule has 0 aromatic rings. The standard InChI is InChI=1S/C5H5NO3S/c7-2-6-4(8)1-3(10)5(6)9/h2-3,10H,1H2/t3-/m0/s1. The first-order chi connectivity index (χ1) is 4.66. The van der Waals surface area contributed by atoms with Gasteiger partial charge in [-0.15, -0.1) is 0 Å². The summed E-state index contributed by atoms with van der Waals surface area (Å²) in [6, 6.07) is 0. The lowest BCUT2D eigenvalue weighted by molar-refractivity contribution is -0.143. The molecule has 1 saturated heterocycles. The summed E-state index contributed by atoms with van der Waals surface area (Å²) in [4.78, 5) is 32.0. The smallest absolute Gasteiger partial charge is 0.249 e. The Morgan fingerprint density at radius 1 is 1.60 bits per heavy atom. The molecule has 5 heteroatoms. The first-order valence-electron chi connectivity index (χ1n) is 2.66. The van der Waals surface area contributed by atoms with Gasteiger partial charge in [0.15, 0.2) is 0 Å². The lowest BCUT2D eigenvalue weighted by Crippen LogP contribution is -2.29. The van der Waals surface area contributed by atoms with E-state index < -0.39 is 17.1 Å². The van der Waals surface area contributed by atoms with Gasteiger partial charge in [-0.1, -0.05) is 0 Å². The molecule has 54 valence electrons. The normalized spacial score (nSPS) is 25.7.